The van der Waals surface area contributed by atoms with Crippen molar-refractivity contribution in [3.8, 4) is 0 Å². The predicted molar refractivity (Wildman–Crippen MR) is 70.6 cm³/mol. The highest BCUT2D eigenvalue weighted by molar-refractivity contribution is 5.97. The van der Waals surface area contributed by atoms with E-state index in [1.165, 1.54) is 0 Å². The molecular formula is C13H18N4O2. The van der Waals surface area contributed by atoms with E-state index in [4.69, 9.17) is 5.73 Å². The molecule has 1 unspecified atom stereocenters. The first-order chi connectivity index (χ1) is 9.08. The number of carbonyl (C=O) groups excluding carboxylic acids is 2. The summed E-state index contributed by atoms with van der Waals surface area (Å²) in [6, 6.07) is 1.68. The molecule has 0 bridgehead atoms. The Hall–Kier alpha value is -1.98. The molecule has 2 heterocycles. The van der Waals surface area contributed by atoms with E-state index in [0.717, 1.165) is 12.8 Å². The van der Waals surface area contributed by atoms with Gasteiger partial charge in [0, 0.05) is 25.3 Å². The number of rotatable bonds is 2. The molecule has 2 amide bonds. The van der Waals surface area contributed by atoms with Gasteiger partial charge in [0.1, 0.15) is 11.7 Å². The van der Waals surface area contributed by atoms with E-state index in [0.29, 0.717) is 30.5 Å². The Morgan fingerprint density at radius 1 is 1.47 bits per heavy atom. The molecule has 1 aromatic heterocycles. The van der Waals surface area contributed by atoms with Crippen LogP contribution in [0.4, 0.5) is 5.69 Å². The monoisotopic (exact) mass is 262 g/mol. The number of nitrogens with zero attached hydrogens (tertiary/aromatic N) is 2. The van der Waals surface area contributed by atoms with E-state index >= 15 is 0 Å². The molecule has 1 saturated heterocycles. The minimum absolute atomic E-state index is 0.0999. The Morgan fingerprint density at radius 2 is 2.21 bits per heavy atom. The SMILES string of the molecule is CC1C(=O)NCCN1C(=O)c1cc(N)cn1C1CC1. The van der Waals surface area contributed by atoms with Gasteiger partial charge in [-0.3, -0.25) is 9.59 Å². The van der Waals surface area contributed by atoms with Crippen LogP contribution in [0.1, 0.15) is 36.3 Å². The molecule has 1 atom stereocenters. The molecule has 3 N–H and O–H groups in total. The third-order valence-electron chi connectivity index (χ3n) is 3.79. The van der Waals surface area contributed by atoms with Crippen molar-refractivity contribution in [1.82, 2.24) is 14.8 Å². The first kappa shape index (κ1) is 12.1. The van der Waals surface area contributed by atoms with Crippen LogP contribution in [0.2, 0.25) is 0 Å². The molecule has 1 aromatic rings. The van der Waals surface area contributed by atoms with Crippen LogP contribution >= 0.6 is 0 Å². The maximum atomic E-state index is 12.6. The topological polar surface area (TPSA) is 80.4 Å². The number of piperazine rings is 1. The normalized spacial score (nSPS) is 23.3. The number of nitrogens with one attached hydrogen (secondary N) is 1. The molecule has 1 saturated carbocycles. The minimum atomic E-state index is -0.426. The first-order valence-electron chi connectivity index (χ1n) is 6.64. The van der Waals surface area contributed by atoms with Crippen LogP contribution in [0.5, 0.6) is 0 Å². The average Bonchev–Trinajstić information content (AvgIpc) is 3.15. The van der Waals surface area contributed by atoms with E-state index in [1.807, 2.05) is 10.8 Å². The molecule has 0 radical (unpaired) electrons. The second kappa shape index (κ2) is 4.29. The quantitative estimate of drug-likeness (QED) is 0.808. The van der Waals surface area contributed by atoms with Crippen molar-refractivity contribution >= 4 is 17.5 Å². The fourth-order valence-corrected chi connectivity index (χ4v) is 2.53. The third kappa shape index (κ3) is 2.07. The first-order valence-corrected chi connectivity index (χ1v) is 6.64. The Balaban J connectivity index is 1.89. The molecule has 3 rings (SSSR count). The van der Waals surface area contributed by atoms with Crippen LogP contribution in [-0.2, 0) is 4.79 Å². The van der Waals surface area contributed by atoms with Gasteiger partial charge in [0.2, 0.25) is 5.91 Å². The van der Waals surface area contributed by atoms with Crippen LogP contribution in [-0.4, -0.2) is 40.4 Å². The lowest BCUT2D eigenvalue weighted by Gasteiger charge is -2.33. The molecule has 6 nitrogen and oxygen atoms in total. The molecule has 2 fully saturated rings. The lowest BCUT2D eigenvalue weighted by molar-refractivity contribution is -0.127. The molecule has 102 valence electrons. The summed E-state index contributed by atoms with van der Waals surface area (Å²) >= 11 is 0. The Labute approximate surface area is 111 Å². The van der Waals surface area contributed by atoms with Gasteiger partial charge in [0.25, 0.3) is 5.91 Å². The van der Waals surface area contributed by atoms with Crippen molar-refractivity contribution in [2.45, 2.75) is 31.8 Å². The van der Waals surface area contributed by atoms with Crippen LogP contribution in [0.25, 0.3) is 0 Å². The van der Waals surface area contributed by atoms with Crippen LogP contribution in [0, 0.1) is 0 Å². The number of amides is 2. The Bertz CT molecular complexity index is 533. The summed E-state index contributed by atoms with van der Waals surface area (Å²) in [4.78, 5) is 25.8. The van der Waals surface area contributed by atoms with Crippen LogP contribution < -0.4 is 11.1 Å². The van der Waals surface area contributed by atoms with E-state index < -0.39 is 6.04 Å². The van der Waals surface area contributed by atoms with Gasteiger partial charge in [-0.05, 0) is 25.8 Å². The zero-order chi connectivity index (χ0) is 13.6. The minimum Gasteiger partial charge on any atom is -0.397 e. The average molecular weight is 262 g/mol. The smallest absolute Gasteiger partial charge is 0.271 e. The molecule has 2 aliphatic rings. The highest BCUT2D eigenvalue weighted by atomic mass is 16.2. The van der Waals surface area contributed by atoms with Crippen molar-refractivity contribution in [3.05, 3.63) is 18.0 Å². The fourth-order valence-electron chi connectivity index (χ4n) is 2.53. The number of nitrogens with two attached hydrogens (primary N) is 1. The number of nitrogen functional groups attached to an aromatic ring is 1. The zero-order valence-electron chi connectivity index (χ0n) is 10.9. The van der Waals surface area contributed by atoms with E-state index in [-0.39, 0.29) is 11.8 Å². The van der Waals surface area contributed by atoms with Gasteiger partial charge in [0.05, 0.1) is 5.69 Å². The van der Waals surface area contributed by atoms with Crippen molar-refractivity contribution in [3.63, 3.8) is 0 Å². The lowest BCUT2D eigenvalue weighted by atomic mass is 10.2. The lowest BCUT2D eigenvalue weighted by Crippen LogP contribution is -2.56. The predicted octanol–water partition coefficient (Wildman–Crippen LogP) is 0.366. The van der Waals surface area contributed by atoms with E-state index in [1.54, 1.807) is 17.9 Å². The van der Waals surface area contributed by atoms with Crippen molar-refractivity contribution in [2.24, 2.45) is 0 Å². The standard InChI is InChI=1S/C13H18N4O2/c1-8-12(18)15-4-5-16(8)13(19)11-6-9(14)7-17(11)10-2-3-10/h6-8,10H,2-5,14H2,1H3,(H,15,18). The maximum Gasteiger partial charge on any atom is 0.271 e. The van der Waals surface area contributed by atoms with Gasteiger partial charge in [-0.25, -0.2) is 0 Å². The Morgan fingerprint density at radius 3 is 2.89 bits per heavy atom. The summed E-state index contributed by atoms with van der Waals surface area (Å²) in [6.45, 7) is 2.80. The van der Waals surface area contributed by atoms with E-state index in [9.17, 15) is 9.59 Å². The summed E-state index contributed by atoms with van der Waals surface area (Å²) in [5, 5.41) is 2.76. The molecule has 6 heteroatoms. The summed E-state index contributed by atoms with van der Waals surface area (Å²) in [6.07, 6.45) is 3.99. The molecule has 0 spiro atoms. The van der Waals surface area contributed by atoms with Crippen LogP contribution in [0.15, 0.2) is 12.3 Å². The van der Waals surface area contributed by atoms with Gasteiger partial charge in [-0.2, -0.15) is 0 Å². The van der Waals surface area contributed by atoms with E-state index in [2.05, 4.69) is 5.32 Å². The molecule has 1 aliphatic carbocycles. The van der Waals surface area contributed by atoms with Crippen molar-refractivity contribution < 1.29 is 9.59 Å². The number of hydrogen-bond donors (Lipinski definition) is 2. The highest BCUT2D eigenvalue weighted by Crippen LogP contribution is 2.37. The highest BCUT2D eigenvalue weighted by Gasteiger charge is 2.34. The fraction of sp³-hybridized carbons (Fsp3) is 0.538. The van der Waals surface area contributed by atoms with Gasteiger partial charge in [0.15, 0.2) is 0 Å². The van der Waals surface area contributed by atoms with Gasteiger partial charge < -0.3 is 20.5 Å². The van der Waals surface area contributed by atoms with Crippen molar-refractivity contribution in [1.29, 1.82) is 0 Å². The molecule has 1 aliphatic heterocycles. The summed E-state index contributed by atoms with van der Waals surface area (Å²) in [5.74, 6) is -0.206. The zero-order valence-corrected chi connectivity index (χ0v) is 10.9. The molecule has 0 aromatic carbocycles. The van der Waals surface area contributed by atoms with Gasteiger partial charge in [-0.1, -0.05) is 0 Å². The number of aromatic nitrogens is 1. The number of anilines is 1. The van der Waals surface area contributed by atoms with Gasteiger partial charge in [-0.15, -0.1) is 0 Å². The summed E-state index contributed by atoms with van der Waals surface area (Å²) < 4.78 is 1.96. The van der Waals surface area contributed by atoms with Crippen LogP contribution in [0.3, 0.4) is 0 Å². The molecule has 19 heavy (non-hydrogen) atoms. The largest absolute Gasteiger partial charge is 0.397 e. The number of hydrogen-bond acceptors (Lipinski definition) is 3. The number of carbonyl (C=O) groups is 2. The summed E-state index contributed by atoms with van der Waals surface area (Å²) in [5.41, 5.74) is 7.00. The second-order valence-electron chi connectivity index (χ2n) is 5.26. The van der Waals surface area contributed by atoms with Crippen molar-refractivity contribution in [2.75, 3.05) is 18.8 Å². The van der Waals surface area contributed by atoms with Gasteiger partial charge >= 0.3 is 0 Å². The third-order valence-corrected chi connectivity index (χ3v) is 3.79. The Kier molecular flexibility index (Phi) is 2.73. The molecular weight excluding hydrogens is 244 g/mol. The maximum absolute atomic E-state index is 12.6. The summed E-state index contributed by atoms with van der Waals surface area (Å²) in [7, 11) is 0. The second-order valence-corrected chi connectivity index (χ2v) is 5.26.